The van der Waals surface area contributed by atoms with Gasteiger partial charge in [-0.2, -0.15) is 0 Å². The maximum atomic E-state index is 8.62. The first-order valence-electron chi connectivity index (χ1n) is 5.42. The average Bonchev–Trinajstić information content (AvgIpc) is 2.34. The second-order valence-electron chi connectivity index (χ2n) is 3.53. The number of pyridine rings is 1. The van der Waals surface area contributed by atoms with Gasteiger partial charge in [-0.25, -0.2) is 0 Å². The number of unbranched alkanes of at least 4 members (excludes halogenated alkanes) is 1. The molecule has 1 aromatic heterocycles. The van der Waals surface area contributed by atoms with Crippen LogP contribution in [0.25, 0.3) is 0 Å². The molecule has 1 rings (SSSR count). The fourth-order valence-electron chi connectivity index (χ4n) is 1.38. The minimum atomic E-state index is 0.0490. The molecular weight excluding hydrogens is 204 g/mol. The molecule has 0 atom stereocenters. The lowest BCUT2D eigenvalue weighted by molar-refractivity contribution is 0.318. The standard InChI is InChI=1S/C11H18N4O/c1-2-3-6-13-8-9-5-4-7-14-10(9)11(12)15-16/h4-5,7,13,16H,2-3,6,8H2,1H3,(H2,12,15). The summed E-state index contributed by atoms with van der Waals surface area (Å²) in [6.45, 7) is 3.79. The Labute approximate surface area is 95.4 Å². The third-order valence-electron chi connectivity index (χ3n) is 2.26. The Morgan fingerprint density at radius 3 is 3.12 bits per heavy atom. The molecule has 0 bridgehead atoms. The van der Waals surface area contributed by atoms with E-state index in [0.29, 0.717) is 12.2 Å². The van der Waals surface area contributed by atoms with Gasteiger partial charge >= 0.3 is 0 Å². The predicted octanol–water partition coefficient (Wildman–Crippen LogP) is 1.07. The topological polar surface area (TPSA) is 83.5 Å². The van der Waals surface area contributed by atoms with Crippen LogP contribution in [0.1, 0.15) is 31.0 Å². The number of hydrogen-bond donors (Lipinski definition) is 3. The van der Waals surface area contributed by atoms with Crippen molar-refractivity contribution < 1.29 is 5.21 Å². The van der Waals surface area contributed by atoms with Gasteiger partial charge in [-0.05, 0) is 24.6 Å². The summed E-state index contributed by atoms with van der Waals surface area (Å²) >= 11 is 0. The van der Waals surface area contributed by atoms with Crippen molar-refractivity contribution in [1.82, 2.24) is 10.3 Å². The monoisotopic (exact) mass is 222 g/mol. The lowest BCUT2D eigenvalue weighted by Crippen LogP contribution is -2.21. The van der Waals surface area contributed by atoms with Gasteiger partial charge in [-0.1, -0.05) is 24.6 Å². The molecular formula is C11H18N4O. The van der Waals surface area contributed by atoms with Crippen molar-refractivity contribution in [1.29, 1.82) is 0 Å². The molecule has 0 spiro atoms. The van der Waals surface area contributed by atoms with Gasteiger partial charge < -0.3 is 16.3 Å². The van der Waals surface area contributed by atoms with Crippen LogP contribution in [-0.4, -0.2) is 22.6 Å². The zero-order valence-electron chi connectivity index (χ0n) is 9.48. The number of oxime groups is 1. The highest BCUT2D eigenvalue weighted by molar-refractivity contribution is 5.96. The molecule has 0 fully saturated rings. The zero-order valence-corrected chi connectivity index (χ0v) is 9.48. The quantitative estimate of drug-likeness (QED) is 0.221. The van der Waals surface area contributed by atoms with E-state index in [4.69, 9.17) is 10.9 Å². The summed E-state index contributed by atoms with van der Waals surface area (Å²) in [6, 6.07) is 3.75. The van der Waals surface area contributed by atoms with Crippen LogP contribution in [0.4, 0.5) is 0 Å². The molecule has 0 radical (unpaired) electrons. The molecule has 0 aliphatic carbocycles. The molecule has 5 nitrogen and oxygen atoms in total. The Kier molecular flexibility index (Phi) is 5.28. The van der Waals surface area contributed by atoms with Crippen molar-refractivity contribution in [2.75, 3.05) is 6.54 Å². The molecule has 0 saturated heterocycles. The highest BCUT2D eigenvalue weighted by atomic mass is 16.4. The fraction of sp³-hybridized carbons (Fsp3) is 0.455. The summed E-state index contributed by atoms with van der Waals surface area (Å²) in [7, 11) is 0. The van der Waals surface area contributed by atoms with Crippen molar-refractivity contribution in [3.05, 3.63) is 29.6 Å². The lowest BCUT2D eigenvalue weighted by atomic mass is 10.2. The van der Waals surface area contributed by atoms with Crippen LogP contribution in [-0.2, 0) is 6.54 Å². The number of nitrogens with one attached hydrogen (secondary N) is 1. The Balaban J connectivity index is 2.64. The lowest BCUT2D eigenvalue weighted by Gasteiger charge is -2.07. The molecule has 0 amide bonds. The van der Waals surface area contributed by atoms with Crippen molar-refractivity contribution in [2.45, 2.75) is 26.3 Å². The van der Waals surface area contributed by atoms with Gasteiger partial charge in [0.2, 0.25) is 0 Å². The summed E-state index contributed by atoms with van der Waals surface area (Å²) in [6.07, 6.45) is 3.93. The maximum Gasteiger partial charge on any atom is 0.189 e. The summed E-state index contributed by atoms with van der Waals surface area (Å²) in [4.78, 5) is 4.09. The van der Waals surface area contributed by atoms with Gasteiger partial charge in [-0.15, -0.1) is 0 Å². The van der Waals surface area contributed by atoms with E-state index in [1.807, 2.05) is 12.1 Å². The number of rotatable bonds is 6. The van der Waals surface area contributed by atoms with Crippen LogP contribution in [0.5, 0.6) is 0 Å². The molecule has 16 heavy (non-hydrogen) atoms. The molecule has 0 aromatic carbocycles. The van der Waals surface area contributed by atoms with Gasteiger partial charge in [0, 0.05) is 12.7 Å². The van der Waals surface area contributed by atoms with Gasteiger partial charge in [0.15, 0.2) is 5.84 Å². The molecule has 4 N–H and O–H groups in total. The highest BCUT2D eigenvalue weighted by Crippen LogP contribution is 2.04. The maximum absolute atomic E-state index is 8.62. The molecule has 5 heteroatoms. The van der Waals surface area contributed by atoms with Crippen LogP contribution in [0.2, 0.25) is 0 Å². The highest BCUT2D eigenvalue weighted by Gasteiger charge is 2.06. The Hall–Kier alpha value is -1.62. The number of nitrogens with zero attached hydrogens (tertiary/aromatic N) is 2. The molecule has 0 unspecified atom stereocenters. The zero-order chi connectivity index (χ0) is 11.8. The Bertz CT molecular complexity index is 352. The Morgan fingerprint density at radius 2 is 2.44 bits per heavy atom. The third kappa shape index (κ3) is 3.51. The van der Waals surface area contributed by atoms with E-state index in [9.17, 15) is 0 Å². The van der Waals surface area contributed by atoms with E-state index in [1.165, 1.54) is 0 Å². The molecule has 1 aromatic rings. The summed E-state index contributed by atoms with van der Waals surface area (Å²) < 4.78 is 0. The first-order valence-corrected chi connectivity index (χ1v) is 5.42. The minimum Gasteiger partial charge on any atom is -0.409 e. The van der Waals surface area contributed by atoms with Crippen LogP contribution < -0.4 is 11.1 Å². The average molecular weight is 222 g/mol. The summed E-state index contributed by atoms with van der Waals surface area (Å²) in [5.41, 5.74) is 7.01. The van der Waals surface area contributed by atoms with Crippen LogP contribution in [0.15, 0.2) is 23.5 Å². The number of hydrogen-bond acceptors (Lipinski definition) is 4. The van der Waals surface area contributed by atoms with Crippen LogP contribution in [0.3, 0.4) is 0 Å². The SMILES string of the molecule is CCCCNCc1cccnc1C(N)=NO. The van der Waals surface area contributed by atoms with Gasteiger partial charge in [-0.3, -0.25) is 4.98 Å². The van der Waals surface area contributed by atoms with Gasteiger partial charge in [0.05, 0.1) is 0 Å². The third-order valence-corrected chi connectivity index (χ3v) is 2.26. The van der Waals surface area contributed by atoms with Crippen LogP contribution >= 0.6 is 0 Å². The van der Waals surface area contributed by atoms with E-state index in [-0.39, 0.29) is 5.84 Å². The first-order chi connectivity index (χ1) is 7.79. The van der Waals surface area contributed by atoms with Crippen molar-refractivity contribution in [3.63, 3.8) is 0 Å². The van der Waals surface area contributed by atoms with E-state index >= 15 is 0 Å². The van der Waals surface area contributed by atoms with E-state index < -0.39 is 0 Å². The molecule has 1 heterocycles. The van der Waals surface area contributed by atoms with Gasteiger partial charge in [0.1, 0.15) is 5.69 Å². The van der Waals surface area contributed by atoms with Gasteiger partial charge in [0.25, 0.3) is 0 Å². The molecule has 88 valence electrons. The van der Waals surface area contributed by atoms with Crippen molar-refractivity contribution in [3.8, 4) is 0 Å². The number of amidine groups is 1. The first kappa shape index (κ1) is 12.4. The normalized spacial score (nSPS) is 11.7. The molecule has 0 aliphatic rings. The molecule has 0 saturated carbocycles. The number of aromatic nitrogens is 1. The van der Waals surface area contributed by atoms with Crippen molar-refractivity contribution in [2.24, 2.45) is 10.9 Å². The van der Waals surface area contributed by atoms with E-state index in [0.717, 1.165) is 24.9 Å². The summed E-state index contributed by atoms with van der Waals surface area (Å²) in [5, 5.41) is 14.9. The van der Waals surface area contributed by atoms with E-state index in [2.05, 4.69) is 22.4 Å². The number of nitrogens with two attached hydrogens (primary N) is 1. The predicted molar refractivity (Wildman–Crippen MR) is 63.4 cm³/mol. The van der Waals surface area contributed by atoms with Crippen LogP contribution in [0, 0.1) is 0 Å². The summed E-state index contributed by atoms with van der Waals surface area (Å²) in [5.74, 6) is 0.0490. The second kappa shape index (κ2) is 6.79. The minimum absolute atomic E-state index is 0.0490. The smallest absolute Gasteiger partial charge is 0.189 e. The molecule has 0 aliphatic heterocycles. The fourth-order valence-corrected chi connectivity index (χ4v) is 1.38. The van der Waals surface area contributed by atoms with Crippen molar-refractivity contribution >= 4 is 5.84 Å². The largest absolute Gasteiger partial charge is 0.409 e. The second-order valence-corrected chi connectivity index (χ2v) is 3.53. The Morgan fingerprint density at radius 1 is 1.62 bits per heavy atom. The van der Waals surface area contributed by atoms with E-state index in [1.54, 1.807) is 6.20 Å².